The van der Waals surface area contributed by atoms with Crippen molar-refractivity contribution in [3.05, 3.63) is 88.1 Å². The monoisotopic (exact) mass is 366 g/mol. The van der Waals surface area contributed by atoms with Crippen molar-refractivity contribution in [1.82, 2.24) is 0 Å². The van der Waals surface area contributed by atoms with Gasteiger partial charge >= 0.3 is 5.97 Å². The van der Waals surface area contributed by atoms with Crippen LogP contribution in [0.2, 0.25) is 0 Å². The molecule has 0 saturated carbocycles. The van der Waals surface area contributed by atoms with Crippen molar-refractivity contribution in [3.8, 4) is 5.75 Å². The van der Waals surface area contributed by atoms with E-state index in [4.69, 9.17) is 9.47 Å². The van der Waals surface area contributed by atoms with Crippen LogP contribution >= 0.6 is 11.3 Å². The van der Waals surface area contributed by atoms with Crippen molar-refractivity contribution >= 4 is 17.3 Å². The van der Waals surface area contributed by atoms with Crippen molar-refractivity contribution < 1.29 is 14.3 Å². The zero-order valence-corrected chi connectivity index (χ0v) is 15.6. The minimum atomic E-state index is -0.258. The first kappa shape index (κ1) is 18.2. The third kappa shape index (κ3) is 4.96. The molecule has 1 heterocycles. The molecule has 3 aromatic rings. The van der Waals surface area contributed by atoms with Crippen LogP contribution in [-0.4, -0.2) is 12.6 Å². The van der Waals surface area contributed by atoms with Gasteiger partial charge in [0, 0.05) is 4.88 Å². The summed E-state index contributed by atoms with van der Waals surface area (Å²) in [5, 5.41) is 1.99. The molecule has 0 fully saturated rings. The summed E-state index contributed by atoms with van der Waals surface area (Å²) in [4.78, 5) is 13.4. The largest absolute Gasteiger partial charge is 0.489 e. The fourth-order valence-electron chi connectivity index (χ4n) is 2.73. The molecule has 0 radical (unpaired) electrons. The molecule has 0 N–H and O–H groups in total. The highest BCUT2D eigenvalue weighted by Crippen LogP contribution is 2.27. The van der Waals surface area contributed by atoms with Gasteiger partial charge in [0.2, 0.25) is 0 Å². The molecule has 4 heteroatoms. The number of benzene rings is 2. The summed E-state index contributed by atoms with van der Waals surface area (Å²) in [5.41, 5.74) is 2.22. The Balaban J connectivity index is 1.64. The van der Waals surface area contributed by atoms with Crippen molar-refractivity contribution in [2.75, 3.05) is 6.61 Å². The number of rotatable bonds is 8. The Hall–Kier alpha value is -2.59. The molecular formula is C22H22O3S. The van der Waals surface area contributed by atoms with E-state index in [-0.39, 0.29) is 11.9 Å². The van der Waals surface area contributed by atoms with Crippen LogP contribution in [0.3, 0.4) is 0 Å². The van der Waals surface area contributed by atoms with Crippen LogP contribution < -0.4 is 4.74 Å². The Bertz CT molecular complexity index is 795. The van der Waals surface area contributed by atoms with Gasteiger partial charge in [0.05, 0.1) is 12.5 Å². The number of ether oxygens (including phenoxy) is 2. The zero-order chi connectivity index (χ0) is 18.2. The van der Waals surface area contributed by atoms with Gasteiger partial charge in [-0.2, -0.15) is 0 Å². The molecular weight excluding hydrogens is 344 g/mol. The maximum atomic E-state index is 12.3. The van der Waals surface area contributed by atoms with E-state index in [9.17, 15) is 4.79 Å². The Labute approximate surface area is 158 Å². The van der Waals surface area contributed by atoms with Crippen LogP contribution in [0.15, 0.2) is 72.1 Å². The topological polar surface area (TPSA) is 35.5 Å². The molecule has 3 rings (SSSR count). The molecule has 0 aliphatic carbocycles. The fraction of sp³-hybridized carbons (Fsp3) is 0.227. The number of carbonyl (C=O) groups excluding carboxylic acids is 1. The zero-order valence-electron chi connectivity index (χ0n) is 14.8. The number of thiophene rings is 1. The first-order valence-electron chi connectivity index (χ1n) is 8.72. The molecule has 0 aliphatic rings. The van der Waals surface area contributed by atoms with E-state index in [1.165, 1.54) is 0 Å². The van der Waals surface area contributed by atoms with E-state index in [2.05, 4.69) is 0 Å². The second-order valence-electron chi connectivity index (χ2n) is 5.94. The lowest BCUT2D eigenvalue weighted by Crippen LogP contribution is -2.17. The number of hydrogen-bond donors (Lipinski definition) is 0. The molecule has 0 saturated heterocycles. The Morgan fingerprint density at radius 3 is 2.38 bits per heavy atom. The van der Waals surface area contributed by atoms with Crippen LogP contribution in [0, 0.1) is 0 Å². The Morgan fingerprint density at radius 2 is 1.73 bits per heavy atom. The second kappa shape index (κ2) is 9.20. The third-order valence-corrected chi connectivity index (χ3v) is 5.06. The smallest absolute Gasteiger partial charge is 0.314 e. The van der Waals surface area contributed by atoms with E-state index in [0.717, 1.165) is 21.8 Å². The van der Waals surface area contributed by atoms with Crippen molar-refractivity contribution in [3.63, 3.8) is 0 Å². The molecule has 3 nitrogen and oxygen atoms in total. The first-order valence-corrected chi connectivity index (χ1v) is 9.60. The van der Waals surface area contributed by atoms with Crippen molar-refractivity contribution in [1.29, 1.82) is 0 Å². The van der Waals surface area contributed by atoms with Gasteiger partial charge in [-0.1, -0.05) is 48.5 Å². The standard InChI is InChI=1S/C22H22O3S/c1-2-24-22(23)20(21-9-6-14-26-21)15-17-10-12-19(13-11-17)25-16-18-7-4-3-5-8-18/h3-14,20H,2,15-16H2,1H3/t20-/m1/s1. The van der Waals surface area contributed by atoms with E-state index in [1.54, 1.807) is 11.3 Å². The lowest BCUT2D eigenvalue weighted by atomic mass is 9.98. The van der Waals surface area contributed by atoms with Crippen LogP contribution in [0.4, 0.5) is 0 Å². The predicted molar refractivity (Wildman–Crippen MR) is 105 cm³/mol. The fourth-order valence-corrected chi connectivity index (χ4v) is 3.55. The molecule has 0 amide bonds. The first-order chi connectivity index (χ1) is 12.8. The van der Waals surface area contributed by atoms with E-state index in [1.807, 2.05) is 79.0 Å². The van der Waals surface area contributed by atoms with E-state index >= 15 is 0 Å². The SMILES string of the molecule is CCOC(=O)[C@H](Cc1ccc(OCc2ccccc2)cc1)c1cccs1. The van der Waals surface area contributed by atoms with Gasteiger partial charge in [-0.05, 0) is 48.1 Å². The quantitative estimate of drug-likeness (QED) is 0.513. The summed E-state index contributed by atoms with van der Waals surface area (Å²) in [5.74, 6) is 0.395. The summed E-state index contributed by atoms with van der Waals surface area (Å²) in [6, 6.07) is 22.0. The van der Waals surface area contributed by atoms with Crippen LogP contribution in [0.5, 0.6) is 5.75 Å². The average molecular weight is 366 g/mol. The molecule has 0 unspecified atom stereocenters. The van der Waals surface area contributed by atoms with E-state index in [0.29, 0.717) is 19.6 Å². The highest BCUT2D eigenvalue weighted by Gasteiger charge is 2.23. The van der Waals surface area contributed by atoms with Gasteiger partial charge in [0.1, 0.15) is 12.4 Å². The van der Waals surface area contributed by atoms with Gasteiger partial charge in [-0.3, -0.25) is 4.79 Å². The van der Waals surface area contributed by atoms with Gasteiger partial charge in [-0.15, -0.1) is 11.3 Å². The second-order valence-corrected chi connectivity index (χ2v) is 6.92. The minimum Gasteiger partial charge on any atom is -0.489 e. The predicted octanol–water partition coefficient (Wildman–Crippen LogP) is 5.22. The van der Waals surface area contributed by atoms with Crippen LogP contribution in [0.25, 0.3) is 0 Å². The maximum absolute atomic E-state index is 12.3. The summed E-state index contributed by atoms with van der Waals surface area (Å²) in [7, 11) is 0. The van der Waals surface area contributed by atoms with Crippen LogP contribution in [-0.2, 0) is 22.6 Å². The van der Waals surface area contributed by atoms with Gasteiger partial charge < -0.3 is 9.47 Å². The summed E-state index contributed by atoms with van der Waals surface area (Å²) in [6.07, 6.45) is 0.623. The Kier molecular flexibility index (Phi) is 6.45. The number of hydrogen-bond acceptors (Lipinski definition) is 4. The minimum absolute atomic E-state index is 0.167. The van der Waals surface area contributed by atoms with Gasteiger partial charge in [-0.25, -0.2) is 0 Å². The van der Waals surface area contributed by atoms with E-state index < -0.39 is 0 Å². The highest BCUT2D eigenvalue weighted by molar-refractivity contribution is 7.10. The molecule has 0 bridgehead atoms. The van der Waals surface area contributed by atoms with Crippen molar-refractivity contribution in [2.24, 2.45) is 0 Å². The summed E-state index contributed by atoms with van der Waals surface area (Å²) in [6.45, 7) is 2.77. The van der Waals surface area contributed by atoms with Crippen LogP contribution in [0.1, 0.15) is 28.8 Å². The molecule has 26 heavy (non-hydrogen) atoms. The third-order valence-electron chi connectivity index (χ3n) is 4.07. The van der Waals surface area contributed by atoms with Gasteiger partial charge in [0.15, 0.2) is 0 Å². The molecule has 1 aromatic heterocycles. The summed E-state index contributed by atoms with van der Waals surface area (Å²) >= 11 is 1.59. The average Bonchev–Trinajstić information content (AvgIpc) is 3.21. The Morgan fingerprint density at radius 1 is 0.962 bits per heavy atom. The number of esters is 1. The lowest BCUT2D eigenvalue weighted by Gasteiger charge is -2.14. The highest BCUT2D eigenvalue weighted by atomic mass is 32.1. The van der Waals surface area contributed by atoms with Crippen molar-refractivity contribution in [2.45, 2.75) is 25.9 Å². The lowest BCUT2D eigenvalue weighted by molar-refractivity contribution is -0.144. The molecule has 0 aliphatic heterocycles. The molecule has 134 valence electrons. The summed E-state index contributed by atoms with van der Waals surface area (Å²) < 4.78 is 11.1. The molecule has 2 aromatic carbocycles. The number of carbonyl (C=O) groups is 1. The van der Waals surface area contributed by atoms with Gasteiger partial charge in [0.25, 0.3) is 0 Å². The molecule has 1 atom stereocenters. The maximum Gasteiger partial charge on any atom is 0.314 e. The molecule has 0 spiro atoms. The normalized spacial score (nSPS) is 11.7.